The molecule has 0 aliphatic carbocycles. The maximum absolute atomic E-state index is 3.03. The highest BCUT2D eigenvalue weighted by Crippen LogP contribution is 2.72. The van der Waals surface area contributed by atoms with Crippen molar-refractivity contribution in [3.8, 4) is 0 Å². The molecular weight excluding hydrogens is 1020 g/mol. The average Bonchev–Trinajstić information content (AvgIpc) is 0.731. The lowest BCUT2D eigenvalue weighted by molar-refractivity contribution is -0.206. The summed E-state index contributed by atoms with van der Waals surface area (Å²) in [4.78, 5) is 0. The van der Waals surface area contributed by atoms with E-state index in [0.717, 1.165) is 29.6 Å². The second-order valence-electron chi connectivity index (χ2n) is 33.3. The molecule has 0 aromatic carbocycles. The molecule has 0 nitrogen and oxygen atoms in total. The molecule has 0 heteroatoms. The monoisotopic (exact) mass is 1190 g/mol. The van der Waals surface area contributed by atoms with Crippen molar-refractivity contribution in [1.29, 1.82) is 0 Å². The van der Waals surface area contributed by atoms with E-state index in [2.05, 4.69) is 159 Å². The van der Waals surface area contributed by atoms with Crippen molar-refractivity contribution in [2.45, 2.75) is 455 Å². The summed E-state index contributed by atoms with van der Waals surface area (Å²) in [6.07, 6.45) is 65.5. The molecule has 0 N–H and O–H groups in total. The van der Waals surface area contributed by atoms with Gasteiger partial charge in [0, 0.05) is 0 Å². The largest absolute Gasteiger partial charge is 0.0654 e. The standard InChI is InChI=1S/C85H172/c1-24-30-34-38-42-46-50-54-58-62-66-82(20,29-6)84(22,68-64-60-56-52-48-44-40-36-32-26-3)85(23,69-65-61-57-53-49-45-41-37-33-27-4)83(21,67-63-59-55-51-47-43-39-35-31-25-2)81(18,19)80(17)79(16)78(15)77(14)76(13)75(12)74(11)73(10)72(9)71(8)70(7)28-5/h70-80H,24-69H2,1-23H3. The Bertz CT molecular complexity index is 1470. The number of rotatable bonds is 61. The zero-order valence-corrected chi connectivity index (χ0v) is 64.4. The van der Waals surface area contributed by atoms with Gasteiger partial charge in [0.25, 0.3) is 0 Å². The van der Waals surface area contributed by atoms with Crippen molar-refractivity contribution < 1.29 is 0 Å². The molecule has 0 radical (unpaired) electrons. The fraction of sp³-hybridized carbons (Fsp3) is 1.00. The van der Waals surface area contributed by atoms with Crippen molar-refractivity contribution >= 4 is 0 Å². The zero-order chi connectivity index (χ0) is 64.4. The maximum Gasteiger partial charge on any atom is -0.0208 e. The van der Waals surface area contributed by atoms with E-state index in [0.29, 0.717) is 40.9 Å². The summed E-state index contributed by atoms with van der Waals surface area (Å²) < 4.78 is 0. The van der Waals surface area contributed by atoms with Gasteiger partial charge in [0.1, 0.15) is 0 Å². The Morgan fingerprint density at radius 2 is 0.424 bits per heavy atom. The Morgan fingerprint density at radius 1 is 0.212 bits per heavy atom. The quantitative estimate of drug-likeness (QED) is 0.0533. The molecule has 0 aromatic heterocycles. The molecule has 0 fully saturated rings. The van der Waals surface area contributed by atoms with Crippen molar-refractivity contribution in [3.63, 3.8) is 0 Å². The molecule has 0 spiro atoms. The highest BCUT2D eigenvalue weighted by Gasteiger charge is 2.65. The Hall–Kier alpha value is 0. The molecule has 512 valence electrons. The molecule has 0 saturated heterocycles. The minimum absolute atomic E-state index is 0.163. The smallest absolute Gasteiger partial charge is 0.0208 e. The average molecular weight is 1190 g/mol. The lowest BCUT2D eigenvalue weighted by Gasteiger charge is -2.69. The Balaban J connectivity index is 7.81. The van der Waals surface area contributed by atoms with Gasteiger partial charge in [0.05, 0.1) is 0 Å². The van der Waals surface area contributed by atoms with Gasteiger partial charge in [-0.1, -0.05) is 429 Å². The van der Waals surface area contributed by atoms with Gasteiger partial charge >= 0.3 is 0 Å². The van der Waals surface area contributed by atoms with Crippen LogP contribution in [0.5, 0.6) is 0 Å². The van der Waals surface area contributed by atoms with Crippen LogP contribution in [-0.2, 0) is 0 Å². The van der Waals surface area contributed by atoms with Gasteiger partial charge in [-0.2, -0.15) is 0 Å². The second kappa shape index (κ2) is 48.7. The topological polar surface area (TPSA) is 0 Å². The molecule has 0 aromatic rings. The highest BCUT2D eigenvalue weighted by atomic mass is 14.7. The van der Waals surface area contributed by atoms with Crippen LogP contribution in [0.4, 0.5) is 0 Å². The first-order valence-electron chi connectivity index (χ1n) is 40.4. The summed E-state index contributed by atoms with van der Waals surface area (Å²) in [5.41, 5.74) is 1.08. The first-order chi connectivity index (χ1) is 40.4. The Labute approximate surface area is 543 Å². The van der Waals surface area contributed by atoms with Gasteiger partial charge < -0.3 is 0 Å². The van der Waals surface area contributed by atoms with Gasteiger partial charge in [-0.15, -0.1) is 0 Å². The molecule has 0 aliphatic rings. The summed E-state index contributed by atoms with van der Waals surface area (Å²) in [5.74, 6) is 7.88. The molecule has 15 atom stereocenters. The predicted molar refractivity (Wildman–Crippen MR) is 393 cm³/mol. The molecule has 0 aliphatic heterocycles. The molecule has 85 heavy (non-hydrogen) atoms. The van der Waals surface area contributed by atoms with E-state index < -0.39 is 0 Å². The van der Waals surface area contributed by atoms with Gasteiger partial charge in [-0.05, 0) is 118 Å². The first kappa shape index (κ1) is 85.0. The third-order valence-corrected chi connectivity index (χ3v) is 28.2. The Kier molecular flexibility index (Phi) is 48.7. The molecule has 0 rings (SSSR count). The summed E-state index contributed by atoms with van der Waals surface area (Å²) in [6.45, 7) is 61.5. The fourth-order valence-electron chi connectivity index (χ4n) is 18.3. The van der Waals surface area contributed by atoms with Crippen LogP contribution >= 0.6 is 0 Å². The zero-order valence-electron chi connectivity index (χ0n) is 64.4. The van der Waals surface area contributed by atoms with Crippen LogP contribution in [0.1, 0.15) is 455 Å². The highest BCUT2D eigenvalue weighted by molar-refractivity contribution is 5.13. The van der Waals surface area contributed by atoms with E-state index in [1.807, 2.05) is 0 Å². The van der Waals surface area contributed by atoms with Crippen LogP contribution in [0.15, 0.2) is 0 Å². The predicted octanol–water partition coefficient (Wildman–Crippen LogP) is 31.1. The van der Waals surface area contributed by atoms with Crippen LogP contribution < -0.4 is 0 Å². The second-order valence-corrected chi connectivity index (χ2v) is 33.3. The minimum atomic E-state index is 0.163. The van der Waals surface area contributed by atoms with E-state index in [1.54, 1.807) is 0 Å². The SMILES string of the molecule is CCCCCCCCCCCCC(C)(CC)C(C)(CCCCCCCCCCCC)C(C)(CCCCCCCCCCCC)C(C)(CCCCCCCCCCCC)C(C)(C)C(C)C(C)C(C)C(C)C(C)C(C)C(C)C(C)C(C)C(C)C(C)CC. The first-order valence-corrected chi connectivity index (χ1v) is 40.4. The maximum atomic E-state index is 3.03. The number of hydrogen-bond donors (Lipinski definition) is 0. The summed E-state index contributed by atoms with van der Waals surface area (Å²) in [5, 5.41) is 0. The van der Waals surface area contributed by atoms with E-state index in [1.165, 1.54) is 295 Å². The van der Waals surface area contributed by atoms with Gasteiger partial charge in [0.2, 0.25) is 0 Å². The van der Waals surface area contributed by atoms with Crippen LogP contribution in [0, 0.1) is 92.2 Å². The van der Waals surface area contributed by atoms with Crippen molar-refractivity contribution in [3.05, 3.63) is 0 Å². The number of unbranched alkanes of at least 4 members (excludes halogenated alkanes) is 36. The lowest BCUT2D eigenvalue weighted by atomic mass is 9.35. The van der Waals surface area contributed by atoms with Crippen molar-refractivity contribution in [2.75, 3.05) is 0 Å². The van der Waals surface area contributed by atoms with Crippen molar-refractivity contribution in [1.82, 2.24) is 0 Å². The molecular formula is C85H172. The van der Waals surface area contributed by atoms with E-state index in [-0.39, 0.29) is 21.7 Å². The van der Waals surface area contributed by atoms with Gasteiger partial charge in [-0.3, -0.25) is 0 Å². The molecule has 0 bridgehead atoms. The van der Waals surface area contributed by atoms with Crippen LogP contribution in [0.3, 0.4) is 0 Å². The number of hydrogen-bond acceptors (Lipinski definition) is 0. The minimum Gasteiger partial charge on any atom is -0.0654 e. The van der Waals surface area contributed by atoms with Crippen molar-refractivity contribution in [2.24, 2.45) is 92.2 Å². The summed E-state index contributed by atoms with van der Waals surface area (Å²) in [7, 11) is 0. The van der Waals surface area contributed by atoms with Gasteiger partial charge in [-0.25, -0.2) is 0 Å². The summed E-state index contributed by atoms with van der Waals surface area (Å²) >= 11 is 0. The lowest BCUT2D eigenvalue weighted by Crippen LogP contribution is -2.62. The van der Waals surface area contributed by atoms with E-state index in [9.17, 15) is 0 Å². The molecule has 15 unspecified atom stereocenters. The third kappa shape index (κ3) is 29.2. The summed E-state index contributed by atoms with van der Waals surface area (Å²) in [6, 6.07) is 0. The van der Waals surface area contributed by atoms with Crippen LogP contribution in [0.2, 0.25) is 0 Å². The third-order valence-electron chi connectivity index (χ3n) is 28.2. The van der Waals surface area contributed by atoms with Crippen LogP contribution in [0.25, 0.3) is 0 Å². The van der Waals surface area contributed by atoms with E-state index in [4.69, 9.17) is 0 Å². The van der Waals surface area contributed by atoms with Gasteiger partial charge in [0.15, 0.2) is 0 Å². The molecule has 0 saturated carbocycles. The normalized spacial score (nSPS) is 19.4. The van der Waals surface area contributed by atoms with E-state index >= 15 is 0 Å². The fourth-order valence-corrected chi connectivity index (χ4v) is 18.3. The molecule has 0 amide bonds. The molecule has 0 heterocycles. The Morgan fingerprint density at radius 3 is 0.682 bits per heavy atom. The van der Waals surface area contributed by atoms with Crippen LogP contribution in [-0.4, -0.2) is 0 Å².